The smallest absolute Gasteiger partial charge is 0.249 e. The van der Waals surface area contributed by atoms with Gasteiger partial charge in [-0.3, -0.25) is 14.4 Å². The van der Waals surface area contributed by atoms with Gasteiger partial charge in [-0.2, -0.15) is 0 Å². The number of rotatable bonds is 7. The minimum absolute atomic E-state index is 0.0469. The average molecular weight is 535 g/mol. The number of carbonyl (C=O) groups is 3. The third-order valence-corrected chi connectivity index (χ3v) is 9.77. The summed E-state index contributed by atoms with van der Waals surface area (Å²) in [6, 6.07) is 5.28. The summed E-state index contributed by atoms with van der Waals surface area (Å²) in [4.78, 5) is 47.1. The minimum atomic E-state index is -0.758. The van der Waals surface area contributed by atoms with Crippen molar-refractivity contribution in [2.45, 2.75) is 93.9 Å². The Kier molecular flexibility index (Phi) is 7.35. The molecule has 5 aliphatic rings. The summed E-state index contributed by atoms with van der Waals surface area (Å²) in [6.45, 7) is 2.20. The van der Waals surface area contributed by atoms with Gasteiger partial charge in [0.05, 0.1) is 18.1 Å². The molecule has 3 aliphatic heterocycles. The van der Waals surface area contributed by atoms with Crippen LogP contribution in [0.2, 0.25) is 0 Å². The molecule has 10 heteroatoms. The van der Waals surface area contributed by atoms with Gasteiger partial charge in [-0.25, -0.2) is 0 Å². The summed E-state index contributed by atoms with van der Waals surface area (Å²) in [5.74, 6) is -1.06. The van der Waals surface area contributed by atoms with Gasteiger partial charge in [0.1, 0.15) is 12.6 Å². The lowest BCUT2D eigenvalue weighted by molar-refractivity contribution is -0.139. The number of hydrogen-bond donors (Lipinski definition) is 1. The van der Waals surface area contributed by atoms with Crippen molar-refractivity contribution in [2.24, 2.45) is 16.8 Å². The second-order valence-corrected chi connectivity index (χ2v) is 12.1. The first kappa shape index (κ1) is 26.3. The van der Waals surface area contributed by atoms with Crippen molar-refractivity contribution in [3.63, 3.8) is 0 Å². The molecule has 3 heterocycles. The van der Waals surface area contributed by atoms with Crippen molar-refractivity contribution < 1.29 is 19.1 Å². The zero-order valence-corrected chi connectivity index (χ0v) is 22.4. The van der Waals surface area contributed by atoms with Gasteiger partial charge in [0, 0.05) is 23.1 Å². The number of azide groups is 1. The van der Waals surface area contributed by atoms with Crippen LogP contribution in [0.25, 0.3) is 10.4 Å². The molecule has 3 saturated heterocycles. The molecule has 39 heavy (non-hydrogen) atoms. The van der Waals surface area contributed by atoms with Crippen LogP contribution in [0.3, 0.4) is 0 Å². The Morgan fingerprint density at radius 2 is 1.82 bits per heavy atom. The van der Waals surface area contributed by atoms with Crippen LogP contribution in [0, 0.1) is 5.92 Å². The second-order valence-electron chi connectivity index (χ2n) is 12.1. The Morgan fingerprint density at radius 3 is 2.49 bits per heavy atom. The number of nitrogens with zero attached hydrogens (tertiary/aromatic N) is 5. The number of hydrogen-bond acceptors (Lipinski definition) is 6. The highest BCUT2D eigenvalue weighted by atomic mass is 16.5. The van der Waals surface area contributed by atoms with Crippen LogP contribution >= 0.6 is 0 Å². The molecule has 2 aliphatic carbocycles. The van der Waals surface area contributed by atoms with E-state index in [1.807, 2.05) is 12.1 Å². The number of nitrogens with two attached hydrogens (primary N) is 1. The van der Waals surface area contributed by atoms with Crippen molar-refractivity contribution in [1.82, 2.24) is 9.80 Å². The average Bonchev–Trinajstić information content (AvgIpc) is 3.64. The van der Waals surface area contributed by atoms with E-state index in [0.717, 1.165) is 69.6 Å². The van der Waals surface area contributed by atoms with E-state index in [0.29, 0.717) is 17.0 Å². The number of Topliss-reactive ketones (excluding diaryl/α,β-unsaturated/α-hetero) is 1. The van der Waals surface area contributed by atoms with Gasteiger partial charge < -0.3 is 20.3 Å². The van der Waals surface area contributed by atoms with Crippen LogP contribution in [-0.4, -0.2) is 77.9 Å². The lowest BCUT2D eigenvalue weighted by Crippen LogP contribution is -2.46. The first-order valence-electron chi connectivity index (χ1n) is 14.6. The molecule has 10 nitrogen and oxygen atoms in total. The fraction of sp³-hybridized carbons (Fsp3) is 0.690. The third-order valence-electron chi connectivity index (χ3n) is 9.77. The van der Waals surface area contributed by atoms with Crippen LogP contribution in [0.15, 0.2) is 23.3 Å². The summed E-state index contributed by atoms with van der Waals surface area (Å²) in [5, 5.41) is 3.85. The maximum atomic E-state index is 14.5. The second kappa shape index (κ2) is 10.9. The van der Waals surface area contributed by atoms with E-state index in [1.54, 1.807) is 4.90 Å². The standard InChI is InChI=1S/C29H38N6O4/c30-28(37)21-9-6-19(17-10-12-34(13-11-17)20-7-8-20)14-22(21)25(18-4-2-1-3-5-18)29(38)35-15-23(32-33-31)27-26(35)24(36)16-39-27/h6,9,14,17-18,20,23,25-27H,1-5,7-8,10-13,15-16H2,(H2,30,37)/t23-,25+,26-,27-/m1/s1. The molecule has 208 valence electrons. The molecule has 4 atom stereocenters. The molecular weight excluding hydrogens is 496 g/mol. The van der Waals surface area contributed by atoms with E-state index in [2.05, 4.69) is 21.0 Å². The summed E-state index contributed by atoms with van der Waals surface area (Å²) in [7, 11) is 0. The predicted molar refractivity (Wildman–Crippen MR) is 144 cm³/mol. The summed E-state index contributed by atoms with van der Waals surface area (Å²) in [5.41, 5.74) is 17.2. The van der Waals surface area contributed by atoms with Crippen LogP contribution in [0.1, 0.15) is 91.1 Å². The molecule has 2 amide bonds. The largest absolute Gasteiger partial charge is 0.367 e. The SMILES string of the molecule is [N-]=[N+]=N[C@@H]1CN(C(=O)[C@H](c2cc(C3CCN(C4CC4)CC3)ccc2C(N)=O)C2CCCCC2)[C@@H]2C(=O)CO[C@@H]21. The number of piperidine rings is 1. The Morgan fingerprint density at radius 1 is 1.08 bits per heavy atom. The molecule has 1 aromatic carbocycles. The lowest BCUT2D eigenvalue weighted by Gasteiger charge is -2.36. The monoisotopic (exact) mass is 534 g/mol. The fourth-order valence-electron chi connectivity index (χ4n) is 7.61. The number of likely N-dealkylation sites (tertiary alicyclic amines) is 2. The Bertz CT molecular complexity index is 1180. The summed E-state index contributed by atoms with van der Waals surface area (Å²) < 4.78 is 5.67. The maximum Gasteiger partial charge on any atom is 0.249 e. The van der Waals surface area contributed by atoms with Crippen LogP contribution in [0.4, 0.5) is 0 Å². The number of fused-ring (bicyclic) bond motifs is 1. The van der Waals surface area contributed by atoms with Gasteiger partial charge in [0.15, 0.2) is 5.78 Å². The molecule has 5 fully saturated rings. The van der Waals surface area contributed by atoms with Crippen molar-refractivity contribution in [3.8, 4) is 0 Å². The van der Waals surface area contributed by atoms with Gasteiger partial charge in [-0.1, -0.05) is 36.5 Å². The molecule has 2 saturated carbocycles. The maximum absolute atomic E-state index is 14.5. The van der Waals surface area contributed by atoms with Crippen molar-refractivity contribution in [2.75, 3.05) is 26.2 Å². The van der Waals surface area contributed by atoms with Crippen molar-refractivity contribution in [3.05, 3.63) is 45.3 Å². The highest BCUT2D eigenvalue weighted by molar-refractivity contribution is 5.99. The number of benzene rings is 1. The van der Waals surface area contributed by atoms with Crippen LogP contribution in [-0.2, 0) is 14.3 Å². The minimum Gasteiger partial charge on any atom is -0.367 e. The van der Waals surface area contributed by atoms with Gasteiger partial charge in [0.2, 0.25) is 11.8 Å². The fourth-order valence-corrected chi connectivity index (χ4v) is 7.61. The Labute approximate surface area is 228 Å². The van der Waals surface area contributed by atoms with Gasteiger partial charge in [-0.05, 0) is 86.2 Å². The number of amides is 2. The van der Waals surface area contributed by atoms with Gasteiger partial charge in [-0.15, -0.1) is 0 Å². The molecule has 1 aromatic rings. The molecule has 0 radical (unpaired) electrons. The number of carbonyl (C=O) groups excluding carboxylic acids is 3. The zero-order chi connectivity index (χ0) is 27.1. The van der Waals surface area contributed by atoms with E-state index < -0.39 is 30.0 Å². The first-order chi connectivity index (χ1) is 19.0. The van der Waals surface area contributed by atoms with Gasteiger partial charge in [0.25, 0.3) is 0 Å². The number of ether oxygens (including phenoxy) is 1. The lowest BCUT2D eigenvalue weighted by atomic mass is 9.73. The molecule has 0 unspecified atom stereocenters. The predicted octanol–water partition coefficient (Wildman–Crippen LogP) is 3.65. The van der Waals surface area contributed by atoms with E-state index >= 15 is 0 Å². The topological polar surface area (TPSA) is 142 Å². The van der Waals surface area contributed by atoms with E-state index in [9.17, 15) is 14.4 Å². The van der Waals surface area contributed by atoms with Gasteiger partial charge >= 0.3 is 0 Å². The quantitative estimate of drug-likeness (QED) is 0.323. The third kappa shape index (κ3) is 5.06. The van der Waals surface area contributed by atoms with Crippen molar-refractivity contribution in [1.29, 1.82) is 0 Å². The van der Waals surface area contributed by atoms with E-state index in [1.165, 1.54) is 12.8 Å². The number of primary amides is 1. The Hall–Kier alpha value is -2.94. The highest BCUT2D eigenvalue weighted by Gasteiger charge is 2.53. The molecule has 0 spiro atoms. The molecule has 6 rings (SSSR count). The van der Waals surface area contributed by atoms with E-state index in [4.69, 9.17) is 16.0 Å². The molecule has 0 aromatic heterocycles. The van der Waals surface area contributed by atoms with Crippen LogP contribution < -0.4 is 5.73 Å². The molecular formula is C29H38N6O4. The number of ketones is 1. The van der Waals surface area contributed by atoms with Crippen molar-refractivity contribution >= 4 is 17.6 Å². The Balaban J connectivity index is 1.36. The molecule has 2 N–H and O–H groups in total. The first-order valence-corrected chi connectivity index (χ1v) is 14.6. The highest BCUT2D eigenvalue weighted by Crippen LogP contribution is 2.43. The summed E-state index contributed by atoms with van der Waals surface area (Å²) in [6.07, 6.45) is 9.04. The zero-order valence-electron chi connectivity index (χ0n) is 22.4. The van der Waals surface area contributed by atoms with Crippen LogP contribution in [0.5, 0.6) is 0 Å². The summed E-state index contributed by atoms with van der Waals surface area (Å²) >= 11 is 0. The normalized spacial score (nSPS) is 29.2. The molecule has 0 bridgehead atoms. The van der Waals surface area contributed by atoms with E-state index in [-0.39, 0.29) is 30.8 Å².